The van der Waals surface area contributed by atoms with Crippen molar-refractivity contribution < 1.29 is 18.0 Å². The Morgan fingerprint density at radius 1 is 1.12 bits per heavy atom. The van der Waals surface area contributed by atoms with Gasteiger partial charge in [-0.1, -0.05) is 12.1 Å². The molecule has 2 aliphatic heterocycles. The van der Waals surface area contributed by atoms with E-state index < -0.39 is 10.0 Å². The van der Waals surface area contributed by atoms with Crippen LogP contribution in [0.4, 0.5) is 0 Å². The SMILES string of the molecule is NCC1CCN(S(=O)(=O)CCCN2C(=O)c3ccccc3C2=O)C1. The van der Waals surface area contributed by atoms with E-state index in [2.05, 4.69) is 0 Å². The van der Waals surface area contributed by atoms with Gasteiger partial charge in [0.2, 0.25) is 10.0 Å². The molecule has 0 aromatic heterocycles. The highest BCUT2D eigenvalue weighted by atomic mass is 32.2. The summed E-state index contributed by atoms with van der Waals surface area (Å²) in [7, 11) is -3.37. The Morgan fingerprint density at radius 2 is 1.75 bits per heavy atom. The predicted molar refractivity (Wildman–Crippen MR) is 88.9 cm³/mol. The van der Waals surface area contributed by atoms with E-state index in [9.17, 15) is 18.0 Å². The van der Waals surface area contributed by atoms with Crippen LogP contribution in [0.5, 0.6) is 0 Å². The Kier molecular flexibility index (Phi) is 4.71. The number of fused-ring (bicyclic) bond motifs is 1. The van der Waals surface area contributed by atoms with Crippen LogP contribution in [0.2, 0.25) is 0 Å². The molecular weight excluding hydrogens is 330 g/mol. The normalized spacial score (nSPS) is 21.5. The fraction of sp³-hybridized carbons (Fsp3) is 0.500. The molecule has 2 aliphatic rings. The van der Waals surface area contributed by atoms with Crippen LogP contribution in [0.1, 0.15) is 33.6 Å². The van der Waals surface area contributed by atoms with Crippen LogP contribution < -0.4 is 5.73 Å². The monoisotopic (exact) mass is 351 g/mol. The average Bonchev–Trinajstić information content (AvgIpc) is 3.15. The molecule has 0 aliphatic carbocycles. The Hall–Kier alpha value is -1.77. The zero-order valence-corrected chi connectivity index (χ0v) is 14.2. The van der Waals surface area contributed by atoms with Gasteiger partial charge < -0.3 is 5.73 Å². The van der Waals surface area contributed by atoms with Gasteiger partial charge in [0.05, 0.1) is 16.9 Å². The minimum atomic E-state index is -3.37. The van der Waals surface area contributed by atoms with Crippen molar-refractivity contribution in [3.8, 4) is 0 Å². The number of carbonyl (C=O) groups excluding carboxylic acids is 2. The van der Waals surface area contributed by atoms with Gasteiger partial charge >= 0.3 is 0 Å². The number of sulfonamides is 1. The van der Waals surface area contributed by atoms with Crippen molar-refractivity contribution in [3.63, 3.8) is 0 Å². The molecule has 7 nitrogen and oxygen atoms in total. The van der Waals surface area contributed by atoms with Gasteiger partial charge in [0.1, 0.15) is 0 Å². The van der Waals surface area contributed by atoms with Crippen LogP contribution in [-0.4, -0.2) is 61.4 Å². The Labute approximate surface area is 141 Å². The van der Waals surface area contributed by atoms with Gasteiger partial charge in [-0.15, -0.1) is 0 Å². The van der Waals surface area contributed by atoms with Crippen LogP contribution in [0.25, 0.3) is 0 Å². The third-order valence-corrected chi connectivity index (χ3v) is 6.56. The lowest BCUT2D eigenvalue weighted by molar-refractivity contribution is 0.0654. The van der Waals surface area contributed by atoms with Gasteiger partial charge in [-0.2, -0.15) is 0 Å². The molecule has 2 heterocycles. The molecule has 24 heavy (non-hydrogen) atoms. The van der Waals surface area contributed by atoms with E-state index in [-0.39, 0.29) is 36.5 Å². The molecule has 1 aromatic rings. The predicted octanol–water partition coefficient (Wildman–Crippen LogP) is 0.283. The first kappa shape index (κ1) is 17.1. The number of imide groups is 1. The minimum absolute atomic E-state index is 0.0717. The fourth-order valence-electron chi connectivity index (χ4n) is 3.22. The molecular formula is C16H21N3O4S. The van der Waals surface area contributed by atoms with Crippen molar-refractivity contribution >= 4 is 21.8 Å². The molecule has 0 spiro atoms. The zero-order valence-electron chi connectivity index (χ0n) is 13.3. The highest BCUT2D eigenvalue weighted by Gasteiger charge is 2.35. The molecule has 0 bridgehead atoms. The van der Waals surface area contributed by atoms with Gasteiger partial charge in [0.15, 0.2) is 0 Å². The van der Waals surface area contributed by atoms with Crippen LogP contribution >= 0.6 is 0 Å². The zero-order chi connectivity index (χ0) is 17.3. The lowest BCUT2D eigenvalue weighted by Crippen LogP contribution is -2.35. The lowest BCUT2D eigenvalue weighted by atomic mass is 10.1. The van der Waals surface area contributed by atoms with Crippen molar-refractivity contribution in [1.82, 2.24) is 9.21 Å². The second kappa shape index (κ2) is 6.62. The molecule has 1 unspecified atom stereocenters. The highest BCUT2D eigenvalue weighted by molar-refractivity contribution is 7.89. The summed E-state index contributed by atoms with van der Waals surface area (Å²) in [6, 6.07) is 6.64. The van der Waals surface area contributed by atoms with Gasteiger partial charge in [0, 0.05) is 19.6 Å². The Balaban J connectivity index is 1.58. The first-order valence-electron chi connectivity index (χ1n) is 8.07. The third-order valence-electron chi connectivity index (χ3n) is 4.64. The second-order valence-electron chi connectivity index (χ2n) is 6.23. The van der Waals surface area contributed by atoms with Crippen LogP contribution in [-0.2, 0) is 10.0 Å². The first-order valence-corrected chi connectivity index (χ1v) is 9.68. The summed E-state index contributed by atoms with van der Waals surface area (Å²) < 4.78 is 26.2. The number of amides is 2. The summed E-state index contributed by atoms with van der Waals surface area (Å²) in [5.41, 5.74) is 6.36. The molecule has 1 atom stereocenters. The van der Waals surface area contributed by atoms with Gasteiger partial charge in [-0.25, -0.2) is 12.7 Å². The molecule has 3 rings (SSSR count). The summed E-state index contributed by atoms with van der Waals surface area (Å²) in [5, 5.41) is 0. The molecule has 2 N–H and O–H groups in total. The van der Waals surface area contributed by atoms with E-state index in [1.165, 1.54) is 4.31 Å². The topological polar surface area (TPSA) is 101 Å². The summed E-state index contributed by atoms with van der Waals surface area (Å²) in [6.45, 7) is 1.56. The Bertz CT molecular complexity index is 727. The number of rotatable bonds is 6. The summed E-state index contributed by atoms with van der Waals surface area (Å²) in [6.07, 6.45) is 1.02. The number of carbonyl (C=O) groups is 2. The van der Waals surface area contributed by atoms with Crippen molar-refractivity contribution in [2.24, 2.45) is 11.7 Å². The number of benzene rings is 1. The van der Waals surface area contributed by atoms with Crippen molar-refractivity contribution in [1.29, 1.82) is 0 Å². The smallest absolute Gasteiger partial charge is 0.261 e. The fourth-order valence-corrected chi connectivity index (χ4v) is 4.79. The Morgan fingerprint density at radius 3 is 2.29 bits per heavy atom. The summed E-state index contributed by atoms with van der Waals surface area (Å²) in [4.78, 5) is 25.6. The molecule has 1 saturated heterocycles. The first-order chi connectivity index (χ1) is 11.4. The highest BCUT2D eigenvalue weighted by Crippen LogP contribution is 2.23. The van der Waals surface area contributed by atoms with Gasteiger partial charge in [-0.3, -0.25) is 14.5 Å². The van der Waals surface area contributed by atoms with Crippen LogP contribution in [0, 0.1) is 5.92 Å². The molecule has 0 saturated carbocycles. The van der Waals surface area contributed by atoms with Crippen LogP contribution in [0.15, 0.2) is 24.3 Å². The quantitative estimate of drug-likeness (QED) is 0.742. The average molecular weight is 351 g/mol. The molecule has 0 radical (unpaired) electrons. The number of nitrogens with zero attached hydrogens (tertiary/aromatic N) is 2. The second-order valence-corrected chi connectivity index (χ2v) is 8.31. The standard InChI is InChI=1S/C16H21N3O4S/c17-10-12-6-8-18(11-12)24(22,23)9-3-7-19-15(20)13-4-1-2-5-14(13)16(19)21/h1-2,4-5,12H,3,6-11,17H2. The van der Waals surface area contributed by atoms with Gasteiger partial charge in [0.25, 0.3) is 11.8 Å². The number of hydrogen-bond donors (Lipinski definition) is 1. The molecule has 2 amide bonds. The molecule has 1 fully saturated rings. The largest absolute Gasteiger partial charge is 0.330 e. The lowest BCUT2D eigenvalue weighted by Gasteiger charge is -2.18. The maximum absolute atomic E-state index is 12.3. The maximum Gasteiger partial charge on any atom is 0.261 e. The van der Waals surface area contributed by atoms with E-state index >= 15 is 0 Å². The van der Waals surface area contributed by atoms with E-state index in [4.69, 9.17) is 5.73 Å². The van der Waals surface area contributed by atoms with E-state index in [0.29, 0.717) is 30.8 Å². The van der Waals surface area contributed by atoms with Gasteiger partial charge in [-0.05, 0) is 37.4 Å². The maximum atomic E-state index is 12.3. The van der Waals surface area contributed by atoms with E-state index in [1.54, 1.807) is 24.3 Å². The number of nitrogens with two attached hydrogens (primary N) is 1. The molecule has 1 aromatic carbocycles. The summed E-state index contributed by atoms with van der Waals surface area (Å²) in [5.74, 6) is -0.553. The minimum Gasteiger partial charge on any atom is -0.330 e. The molecule has 130 valence electrons. The number of hydrogen-bond acceptors (Lipinski definition) is 5. The van der Waals surface area contributed by atoms with E-state index in [1.807, 2.05) is 0 Å². The summed E-state index contributed by atoms with van der Waals surface area (Å²) >= 11 is 0. The van der Waals surface area contributed by atoms with Crippen molar-refractivity contribution in [2.75, 3.05) is 31.9 Å². The third kappa shape index (κ3) is 3.09. The van der Waals surface area contributed by atoms with Crippen molar-refractivity contribution in [2.45, 2.75) is 12.8 Å². The van der Waals surface area contributed by atoms with E-state index in [0.717, 1.165) is 11.3 Å². The molecule has 8 heteroatoms. The van der Waals surface area contributed by atoms with Crippen molar-refractivity contribution in [3.05, 3.63) is 35.4 Å². The van der Waals surface area contributed by atoms with Crippen LogP contribution in [0.3, 0.4) is 0 Å².